The Hall–Kier alpha value is -2.24. The highest BCUT2D eigenvalue weighted by molar-refractivity contribution is 5.26. The summed E-state index contributed by atoms with van der Waals surface area (Å²) in [6.07, 6.45) is -3.66. The summed E-state index contributed by atoms with van der Waals surface area (Å²) in [5, 5.41) is 0. The van der Waals surface area contributed by atoms with Crippen LogP contribution in [0.1, 0.15) is 11.1 Å². The zero-order chi connectivity index (χ0) is 15.5. The highest BCUT2D eigenvalue weighted by Crippen LogP contribution is 2.27. The number of ether oxygens (including phenoxy) is 1. The van der Waals surface area contributed by atoms with Crippen molar-refractivity contribution in [2.24, 2.45) is 0 Å². The molecule has 0 aliphatic carbocycles. The van der Waals surface area contributed by atoms with Crippen LogP contribution in [0.15, 0.2) is 47.4 Å². The molecular formula is C15H14F3NO2. The summed E-state index contributed by atoms with van der Waals surface area (Å²) in [6, 6.07) is 8.96. The molecule has 1 heterocycles. The highest BCUT2D eigenvalue weighted by Gasteiger charge is 2.30. The van der Waals surface area contributed by atoms with Gasteiger partial charge in [-0.3, -0.25) is 4.79 Å². The smallest absolute Gasteiger partial charge is 0.417 e. The molecule has 1 aromatic carbocycles. The van der Waals surface area contributed by atoms with Crippen molar-refractivity contribution >= 4 is 0 Å². The van der Waals surface area contributed by atoms with Gasteiger partial charge in [0.05, 0.1) is 12.1 Å². The Labute approximate surface area is 119 Å². The molecule has 0 radical (unpaired) electrons. The van der Waals surface area contributed by atoms with Gasteiger partial charge < -0.3 is 9.30 Å². The van der Waals surface area contributed by atoms with E-state index in [9.17, 15) is 18.0 Å². The predicted molar refractivity (Wildman–Crippen MR) is 72.4 cm³/mol. The van der Waals surface area contributed by atoms with Gasteiger partial charge in [-0.2, -0.15) is 13.2 Å². The van der Waals surface area contributed by atoms with Crippen molar-refractivity contribution in [1.82, 2.24) is 4.57 Å². The van der Waals surface area contributed by atoms with E-state index < -0.39 is 17.3 Å². The summed E-state index contributed by atoms with van der Waals surface area (Å²) in [6.45, 7) is 2.10. The van der Waals surface area contributed by atoms with Gasteiger partial charge in [-0.25, -0.2) is 0 Å². The van der Waals surface area contributed by atoms with E-state index in [1.165, 1.54) is 0 Å². The second-order valence-electron chi connectivity index (χ2n) is 4.61. The highest BCUT2D eigenvalue weighted by atomic mass is 19.4. The molecule has 0 saturated heterocycles. The van der Waals surface area contributed by atoms with Crippen molar-refractivity contribution in [2.45, 2.75) is 19.6 Å². The van der Waals surface area contributed by atoms with Crippen molar-refractivity contribution in [3.8, 4) is 5.75 Å². The third-order valence-electron chi connectivity index (χ3n) is 2.93. The van der Waals surface area contributed by atoms with E-state index in [0.29, 0.717) is 5.75 Å². The Morgan fingerprint density at radius 3 is 2.38 bits per heavy atom. The largest absolute Gasteiger partial charge is 0.492 e. The molecule has 21 heavy (non-hydrogen) atoms. The zero-order valence-electron chi connectivity index (χ0n) is 11.4. The lowest BCUT2D eigenvalue weighted by molar-refractivity contribution is -0.138. The van der Waals surface area contributed by atoms with Gasteiger partial charge in [-0.1, -0.05) is 17.7 Å². The Morgan fingerprint density at radius 2 is 1.76 bits per heavy atom. The van der Waals surface area contributed by atoms with Crippen molar-refractivity contribution in [3.63, 3.8) is 0 Å². The SMILES string of the molecule is Cc1ccc(OCCn2cc(C(F)(F)F)ccc2=O)cc1. The summed E-state index contributed by atoms with van der Waals surface area (Å²) in [7, 11) is 0. The summed E-state index contributed by atoms with van der Waals surface area (Å²) < 4.78 is 44.1. The maximum absolute atomic E-state index is 12.6. The minimum atomic E-state index is -4.47. The first kappa shape index (κ1) is 15.2. The molecule has 0 unspecified atom stereocenters. The van der Waals surface area contributed by atoms with E-state index >= 15 is 0 Å². The standard InChI is InChI=1S/C15H14F3NO2/c1-11-2-5-13(6-3-11)21-9-8-19-10-12(15(16,17)18)4-7-14(19)20/h2-7,10H,8-9H2,1H3. The van der Waals surface area contributed by atoms with Gasteiger partial charge in [0.1, 0.15) is 12.4 Å². The normalized spacial score (nSPS) is 11.4. The summed E-state index contributed by atoms with van der Waals surface area (Å²) in [4.78, 5) is 11.5. The van der Waals surface area contributed by atoms with Gasteiger partial charge in [0.2, 0.25) is 0 Å². The summed E-state index contributed by atoms with van der Waals surface area (Å²) in [5.41, 5.74) is -0.260. The second kappa shape index (κ2) is 6.03. The van der Waals surface area contributed by atoms with Crippen molar-refractivity contribution in [3.05, 3.63) is 64.1 Å². The quantitative estimate of drug-likeness (QED) is 0.867. The first-order valence-electron chi connectivity index (χ1n) is 6.33. The molecule has 0 amide bonds. The zero-order valence-corrected chi connectivity index (χ0v) is 11.4. The topological polar surface area (TPSA) is 31.2 Å². The molecule has 0 bridgehead atoms. The number of benzene rings is 1. The summed E-state index contributed by atoms with van der Waals surface area (Å²) >= 11 is 0. The van der Waals surface area contributed by atoms with E-state index in [4.69, 9.17) is 4.74 Å². The van der Waals surface area contributed by atoms with Crippen molar-refractivity contribution < 1.29 is 17.9 Å². The number of halogens is 3. The lowest BCUT2D eigenvalue weighted by Crippen LogP contribution is -2.24. The van der Waals surface area contributed by atoms with Crippen LogP contribution in [0.2, 0.25) is 0 Å². The molecule has 0 atom stereocenters. The van der Waals surface area contributed by atoms with Crippen LogP contribution in [-0.4, -0.2) is 11.2 Å². The fourth-order valence-corrected chi connectivity index (χ4v) is 1.77. The lowest BCUT2D eigenvalue weighted by atomic mass is 10.2. The molecule has 3 nitrogen and oxygen atoms in total. The first-order valence-corrected chi connectivity index (χ1v) is 6.33. The number of hydrogen-bond acceptors (Lipinski definition) is 2. The number of rotatable bonds is 4. The van der Waals surface area contributed by atoms with Crippen LogP contribution < -0.4 is 10.3 Å². The molecule has 2 rings (SSSR count). The van der Waals surface area contributed by atoms with Gasteiger partial charge in [0, 0.05) is 12.3 Å². The third-order valence-corrected chi connectivity index (χ3v) is 2.93. The number of hydrogen-bond donors (Lipinski definition) is 0. The average Bonchev–Trinajstić information content (AvgIpc) is 2.42. The van der Waals surface area contributed by atoms with Crippen LogP contribution in [0, 0.1) is 6.92 Å². The fourth-order valence-electron chi connectivity index (χ4n) is 1.77. The number of aromatic nitrogens is 1. The first-order chi connectivity index (χ1) is 9.86. The third kappa shape index (κ3) is 4.11. The van der Waals surface area contributed by atoms with E-state index in [1.54, 1.807) is 12.1 Å². The van der Waals surface area contributed by atoms with Crippen molar-refractivity contribution in [2.75, 3.05) is 6.61 Å². The Balaban J connectivity index is 2.03. The van der Waals surface area contributed by atoms with Gasteiger partial charge in [0.15, 0.2) is 0 Å². The van der Waals surface area contributed by atoms with Gasteiger partial charge in [0.25, 0.3) is 5.56 Å². The molecular weight excluding hydrogens is 283 g/mol. The molecule has 1 aromatic heterocycles. The molecule has 2 aromatic rings. The average molecular weight is 297 g/mol. The Kier molecular flexibility index (Phi) is 4.35. The van der Waals surface area contributed by atoms with E-state index in [2.05, 4.69) is 0 Å². The van der Waals surface area contributed by atoms with Gasteiger partial charge >= 0.3 is 6.18 Å². The van der Waals surface area contributed by atoms with Crippen molar-refractivity contribution in [1.29, 1.82) is 0 Å². The number of nitrogens with zero attached hydrogens (tertiary/aromatic N) is 1. The number of pyridine rings is 1. The Bertz CT molecular complexity index is 660. The Morgan fingerprint density at radius 1 is 1.10 bits per heavy atom. The fraction of sp³-hybridized carbons (Fsp3) is 0.267. The van der Waals surface area contributed by atoms with Crippen LogP contribution in [0.5, 0.6) is 5.75 Å². The molecule has 112 valence electrons. The van der Waals surface area contributed by atoms with Crippen LogP contribution in [0.4, 0.5) is 13.2 Å². The molecule has 0 saturated carbocycles. The molecule has 6 heteroatoms. The van der Waals surface area contributed by atoms with Gasteiger partial charge in [-0.05, 0) is 25.1 Å². The molecule has 0 fully saturated rings. The van der Waals surface area contributed by atoms with Crippen LogP contribution in [-0.2, 0) is 12.7 Å². The van der Waals surface area contributed by atoms with Crippen LogP contribution in [0.25, 0.3) is 0 Å². The minimum Gasteiger partial charge on any atom is -0.492 e. The molecule has 0 N–H and O–H groups in total. The maximum atomic E-state index is 12.6. The minimum absolute atomic E-state index is 0.0522. The van der Waals surface area contributed by atoms with E-state index in [-0.39, 0.29) is 13.2 Å². The molecule has 0 aliphatic rings. The number of aryl methyl sites for hydroxylation is 1. The second-order valence-corrected chi connectivity index (χ2v) is 4.61. The number of alkyl halides is 3. The molecule has 0 spiro atoms. The summed E-state index contributed by atoms with van der Waals surface area (Å²) in [5.74, 6) is 0.612. The van der Waals surface area contributed by atoms with E-state index in [0.717, 1.165) is 28.5 Å². The van der Waals surface area contributed by atoms with Crippen LogP contribution >= 0.6 is 0 Å². The van der Waals surface area contributed by atoms with E-state index in [1.807, 2.05) is 19.1 Å². The lowest BCUT2D eigenvalue weighted by Gasteiger charge is -2.11. The maximum Gasteiger partial charge on any atom is 0.417 e. The predicted octanol–water partition coefficient (Wildman–Crippen LogP) is 3.25. The van der Waals surface area contributed by atoms with Gasteiger partial charge in [-0.15, -0.1) is 0 Å². The molecule has 0 aliphatic heterocycles. The monoisotopic (exact) mass is 297 g/mol. The van der Waals surface area contributed by atoms with Crippen LogP contribution in [0.3, 0.4) is 0 Å².